The first kappa shape index (κ1) is 20.9. The van der Waals surface area contributed by atoms with E-state index < -0.39 is 17.7 Å². The molecule has 1 N–H and O–H groups in total. The number of piperazine rings is 1. The van der Waals surface area contributed by atoms with Gasteiger partial charge in [0.15, 0.2) is 0 Å². The second-order valence-electron chi connectivity index (χ2n) is 8.25. The summed E-state index contributed by atoms with van der Waals surface area (Å²) in [6.45, 7) is 4.93. The number of hydrogen-bond acceptors (Lipinski definition) is 3. The predicted molar refractivity (Wildman–Crippen MR) is 107 cm³/mol. The van der Waals surface area contributed by atoms with Gasteiger partial charge >= 0.3 is 12.1 Å². The zero-order valence-corrected chi connectivity index (χ0v) is 16.7. The molecule has 0 aromatic heterocycles. The molecule has 7 heteroatoms. The number of carbonyl (C=O) groups is 1. The lowest BCUT2D eigenvalue weighted by atomic mass is 10.0. The van der Waals surface area contributed by atoms with Gasteiger partial charge in [-0.3, -0.25) is 14.6 Å². The first-order valence-corrected chi connectivity index (χ1v) is 10.2. The van der Waals surface area contributed by atoms with Gasteiger partial charge in [0.05, 0.1) is 11.5 Å². The summed E-state index contributed by atoms with van der Waals surface area (Å²) in [6, 6.07) is 11.5. The number of fused-ring (bicyclic) bond motifs is 1. The highest BCUT2D eigenvalue weighted by Crippen LogP contribution is 2.31. The van der Waals surface area contributed by atoms with Crippen molar-refractivity contribution in [3.8, 4) is 0 Å². The van der Waals surface area contributed by atoms with E-state index in [0.29, 0.717) is 19.4 Å². The molecule has 0 saturated carbocycles. The van der Waals surface area contributed by atoms with Crippen LogP contribution >= 0.6 is 0 Å². The van der Waals surface area contributed by atoms with Crippen LogP contribution in [0.15, 0.2) is 42.5 Å². The van der Waals surface area contributed by atoms with Crippen molar-refractivity contribution < 1.29 is 23.1 Å². The Morgan fingerprint density at radius 2 is 1.57 bits per heavy atom. The molecule has 4 rings (SSSR count). The molecule has 1 aliphatic heterocycles. The zero-order valence-electron chi connectivity index (χ0n) is 16.7. The number of carboxylic acid groups (broad SMARTS) is 1. The van der Waals surface area contributed by atoms with Crippen LogP contribution < -0.4 is 0 Å². The van der Waals surface area contributed by atoms with Crippen molar-refractivity contribution in [1.82, 2.24) is 9.80 Å². The second kappa shape index (κ2) is 8.40. The third-order valence-corrected chi connectivity index (χ3v) is 6.18. The molecule has 0 bridgehead atoms. The topological polar surface area (TPSA) is 43.8 Å². The van der Waals surface area contributed by atoms with Crippen molar-refractivity contribution in [2.24, 2.45) is 5.92 Å². The Morgan fingerprint density at radius 1 is 0.933 bits per heavy atom. The summed E-state index contributed by atoms with van der Waals surface area (Å²) in [5.74, 6) is -1.05. The SMILES string of the molecule is O=C(O)C1Cc2cccc(CN3CCN(Cc4ccc(C(F)(F)F)cc4)CC3)c2C1. The number of nitrogens with zero attached hydrogens (tertiary/aromatic N) is 2. The summed E-state index contributed by atoms with van der Waals surface area (Å²) < 4.78 is 38.1. The first-order valence-electron chi connectivity index (χ1n) is 10.2. The van der Waals surface area contributed by atoms with E-state index >= 15 is 0 Å². The summed E-state index contributed by atoms with van der Waals surface area (Å²) >= 11 is 0. The fourth-order valence-electron chi connectivity index (χ4n) is 4.45. The number of benzene rings is 2. The van der Waals surface area contributed by atoms with E-state index in [1.807, 2.05) is 12.1 Å². The van der Waals surface area contributed by atoms with Gasteiger partial charge in [-0.1, -0.05) is 30.3 Å². The van der Waals surface area contributed by atoms with Crippen LogP contribution in [0.2, 0.25) is 0 Å². The molecule has 2 aromatic carbocycles. The maximum Gasteiger partial charge on any atom is 0.416 e. The lowest BCUT2D eigenvalue weighted by molar-refractivity contribution is -0.141. The number of rotatable bonds is 5. The third-order valence-electron chi connectivity index (χ3n) is 6.18. The smallest absolute Gasteiger partial charge is 0.416 e. The monoisotopic (exact) mass is 418 g/mol. The molecular formula is C23H25F3N2O2. The molecule has 1 fully saturated rings. The third kappa shape index (κ3) is 4.68. The van der Waals surface area contributed by atoms with E-state index in [1.165, 1.54) is 11.1 Å². The molecule has 0 amide bonds. The Hall–Kier alpha value is -2.38. The van der Waals surface area contributed by atoms with Crippen molar-refractivity contribution in [1.29, 1.82) is 0 Å². The fraction of sp³-hybridized carbons (Fsp3) is 0.435. The molecule has 1 unspecified atom stereocenters. The summed E-state index contributed by atoms with van der Waals surface area (Å²) in [4.78, 5) is 16.0. The molecule has 4 nitrogen and oxygen atoms in total. The van der Waals surface area contributed by atoms with Gasteiger partial charge in [-0.25, -0.2) is 0 Å². The average molecular weight is 418 g/mol. The van der Waals surface area contributed by atoms with E-state index in [9.17, 15) is 23.1 Å². The maximum atomic E-state index is 12.7. The van der Waals surface area contributed by atoms with Gasteiger partial charge in [-0.15, -0.1) is 0 Å². The lowest BCUT2D eigenvalue weighted by Crippen LogP contribution is -2.45. The van der Waals surface area contributed by atoms with Crippen molar-refractivity contribution in [3.63, 3.8) is 0 Å². The van der Waals surface area contributed by atoms with Crippen LogP contribution in [0.3, 0.4) is 0 Å². The van der Waals surface area contributed by atoms with Crippen molar-refractivity contribution in [3.05, 3.63) is 70.3 Å². The van der Waals surface area contributed by atoms with Crippen molar-refractivity contribution in [2.75, 3.05) is 26.2 Å². The minimum atomic E-state index is -4.30. The first-order chi connectivity index (χ1) is 14.3. The van der Waals surface area contributed by atoms with Crippen LogP contribution in [0.5, 0.6) is 0 Å². The largest absolute Gasteiger partial charge is 0.481 e. The van der Waals surface area contributed by atoms with Crippen LogP contribution in [0.1, 0.15) is 27.8 Å². The fourth-order valence-corrected chi connectivity index (χ4v) is 4.45. The van der Waals surface area contributed by atoms with Gasteiger partial charge in [0.25, 0.3) is 0 Å². The maximum absolute atomic E-state index is 12.7. The number of carboxylic acids is 1. The highest BCUT2D eigenvalue weighted by atomic mass is 19.4. The van der Waals surface area contributed by atoms with Crippen molar-refractivity contribution >= 4 is 5.97 Å². The van der Waals surface area contributed by atoms with E-state index in [1.54, 1.807) is 12.1 Å². The molecule has 160 valence electrons. The second-order valence-corrected chi connectivity index (χ2v) is 8.25. The van der Waals surface area contributed by atoms with E-state index in [4.69, 9.17) is 0 Å². The Bertz CT molecular complexity index is 904. The minimum absolute atomic E-state index is 0.318. The molecule has 1 aliphatic carbocycles. The average Bonchev–Trinajstić information content (AvgIpc) is 3.15. The van der Waals surface area contributed by atoms with Gasteiger partial charge in [0.2, 0.25) is 0 Å². The molecule has 0 radical (unpaired) electrons. The molecule has 1 saturated heterocycles. The van der Waals surface area contributed by atoms with Gasteiger partial charge in [-0.2, -0.15) is 13.2 Å². The minimum Gasteiger partial charge on any atom is -0.481 e. The Balaban J connectivity index is 1.31. The standard InChI is InChI=1S/C23H25F3N2O2/c24-23(25,26)20-6-4-16(5-7-20)14-27-8-10-28(11-9-27)15-18-3-1-2-17-12-19(22(29)30)13-21(17)18/h1-7,19H,8-15H2,(H,29,30). The van der Waals surface area contributed by atoms with Crippen LogP contribution in [0, 0.1) is 5.92 Å². The highest BCUT2D eigenvalue weighted by molar-refractivity contribution is 5.72. The van der Waals surface area contributed by atoms with Gasteiger partial charge in [0, 0.05) is 39.3 Å². The van der Waals surface area contributed by atoms with Gasteiger partial charge in [0.1, 0.15) is 0 Å². The van der Waals surface area contributed by atoms with Crippen molar-refractivity contribution in [2.45, 2.75) is 32.1 Å². The zero-order chi connectivity index (χ0) is 21.3. The van der Waals surface area contributed by atoms with Gasteiger partial charge < -0.3 is 5.11 Å². The summed E-state index contributed by atoms with van der Waals surface area (Å²) in [5, 5.41) is 9.33. The number of alkyl halides is 3. The lowest BCUT2D eigenvalue weighted by Gasteiger charge is -2.35. The quantitative estimate of drug-likeness (QED) is 0.802. The Kier molecular flexibility index (Phi) is 5.84. The van der Waals surface area contributed by atoms with E-state index in [2.05, 4.69) is 15.9 Å². The number of aliphatic carboxylic acids is 1. The summed E-state index contributed by atoms with van der Waals surface area (Å²) in [7, 11) is 0. The van der Waals surface area contributed by atoms with Crippen LogP contribution in [-0.2, 0) is 36.9 Å². The van der Waals surface area contributed by atoms with E-state index in [0.717, 1.165) is 56.0 Å². The molecular weight excluding hydrogens is 393 g/mol. The normalized spacial score (nSPS) is 20.3. The van der Waals surface area contributed by atoms with E-state index in [-0.39, 0.29) is 5.92 Å². The van der Waals surface area contributed by atoms with Crippen LogP contribution in [0.4, 0.5) is 13.2 Å². The number of halogens is 3. The highest BCUT2D eigenvalue weighted by Gasteiger charge is 2.31. The van der Waals surface area contributed by atoms with Gasteiger partial charge in [-0.05, 0) is 47.2 Å². The molecule has 0 spiro atoms. The molecule has 2 aliphatic rings. The van der Waals surface area contributed by atoms with Crippen LogP contribution in [-0.4, -0.2) is 47.1 Å². The summed E-state index contributed by atoms with van der Waals surface area (Å²) in [6.07, 6.45) is -3.08. The Labute approximate surface area is 173 Å². The van der Waals surface area contributed by atoms with Crippen LogP contribution in [0.25, 0.3) is 0 Å². The Morgan fingerprint density at radius 3 is 2.17 bits per heavy atom. The molecule has 1 heterocycles. The predicted octanol–water partition coefficient (Wildman–Crippen LogP) is 3.82. The molecule has 2 aromatic rings. The molecule has 1 atom stereocenters. The summed E-state index contributed by atoms with van der Waals surface area (Å²) in [5.41, 5.74) is 3.83. The number of hydrogen-bond donors (Lipinski definition) is 1. The molecule has 30 heavy (non-hydrogen) atoms.